The molecule has 0 saturated carbocycles. The van der Waals surface area contributed by atoms with Gasteiger partial charge in [-0.1, -0.05) is 175 Å². The van der Waals surface area contributed by atoms with Gasteiger partial charge < -0.3 is 4.90 Å². The van der Waals surface area contributed by atoms with Crippen LogP contribution >= 0.6 is 0 Å². The molecular formula is C53H45N. The van der Waals surface area contributed by atoms with Gasteiger partial charge in [0.05, 0.1) is 17.1 Å². The van der Waals surface area contributed by atoms with Gasteiger partial charge >= 0.3 is 0 Å². The molecule has 7 aromatic carbocycles. The first-order valence-electron chi connectivity index (χ1n) is 19.7. The van der Waals surface area contributed by atoms with E-state index in [-0.39, 0.29) is 16.2 Å². The number of anilines is 2. The molecule has 1 aliphatic carbocycles. The van der Waals surface area contributed by atoms with Crippen molar-refractivity contribution in [1.29, 1.82) is 0 Å². The Hall–Kier alpha value is -5.66. The summed E-state index contributed by atoms with van der Waals surface area (Å²) in [6.07, 6.45) is 3.68. The van der Waals surface area contributed by atoms with E-state index in [1.807, 2.05) is 0 Å². The SMILES string of the molecule is CC1(C)C2=CC(c3ccccc3)CC3=C2N2c4c1cc(-c1c5ccccc5c(-c5ccccc5)c5ccccc15)cc4C(C)(C)c1cccc(c12)C3(C)C. The van der Waals surface area contributed by atoms with Gasteiger partial charge in [0, 0.05) is 22.2 Å². The van der Waals surface area contributed by atoms with E-state index in [4.69, 9.17) is 0 Å². The van der Waals surface area contributed by atoms with Gasteiger partial charge in [-0.25, -0.2) is 0 Å². The molecule has 0 spiro atoms. The molecular weight excluding hydrogens is 651 g/mol. The van der Waals surface area contributed by atoms with Crippen LogP contribution in [0, 0.1) is 0 Å². The Morgan fingerprint density at radius 1 is 0.463 bits per heavy atom. The summed E-state index contributed by atoms with van der Waals surface area (Å²) in [6, 6.07) is 52.6. The molecule has 3 aliphatic heterocycles. The predicted molar refractivity (Wildman–Crippen MR) is 228 cm³/mol. The lowest BCUT2D eigenvalue weighted by Gasteiger charge is -2.57. The van der Waals surface area contributed by atoms with Gasteiger partial charge in [-0.2, -0.15) is 0 Å². The maximum absolute atomic E-state index is 2.73. The number of rotatable bonds is 3. The number of benzene rings is 7. The second kappa shape index (κ2) is 10.7. The first-order valence-corrected chi connectivity index (χ1v) is 19.7. The number of fused-ring (bicyclic) bond motifs is 2. The van der Waals surface area contributed by atoms with E-state index in [9.17, 15) is 0 Å². The number of hydrogen-bond donors (Lipinski definition) is 0. The molecule has 11 rings (SSSR count). The van der Waals surface area contributed by atoms with Gasteiger partial charge in [0.25, 0.3) is 0 Å². The second-order valence-electron chi connectivity index (χ2n) is 17.7. The summed E-state index contributed by atoms with van der Waals surface area (Å²) >= 11 is 0. The first-order chi connectivity index (χ1) is 26.1. The molecule has 54 heavy (non-hydrogen) atoms. The first kappa shape index (κ1) is 31.8. The molecule has 0 fully saturated rings. The molecule has 0 N–H and O–H groups in total. The van der Waals surface area contributed by atoms with Crippen LogP contribution in [0.2, 0.25) is 0 Å². The monoisotopic (exact) mass is 695 g/mol. The minimum atomic E-state index is -0.226. The number of hydrogen-bond acceptors (Lipinski definition) is 1. The standard InChI is InChI=1S/C53H45N/c1-51(2)40-26-17-27-41-48(40)54-49-42(51)28-34(32-18-9-7-10-19-32)29-43(49)53(5,6)45-31-35(30-44(50(45)54)52(41,3)4)47-38-24-15-13-22-36(38)46(33-20-11-8-12-21-33)37-23-14-16-25-39(37)47/h7-27,29-31,34H,28H2,1-6H3. The van der Waals surface area contributed by atoms with Crippen LogP contribution in [0.5, 0.6) is 0 Å². The highest BCUT2D eigenvalue weighted by molar-refractivity contribution is 6.21. The number of nitrogens with zero attached hydrogens (tertiary/aromatic N) is 1. The third-order valence-electron chi connectivity index (χ3n) is 13.8. The lowest BCUT2D eigenvalue weighted by molar-refractivity contribution is 0.505. The minimum Gasteiger partial charge on any atom is -0.309 e. The molecule has 0 radical (unpaired) electrons. The van der Waals surface area contributed by atoms with E-state index in [1.165, 1.54) is 94.3 Å². The highest BCUT2D eigenvalue weighted by Crippen LogP contribution is 2.67. The van der Waals surface area contributed by atoms with E-state index in [0.717, 1.165) is 6.42 Å². The Morgan fingerprint density at radius 2 is 0.944 bits per heavy atom. The molecule has 1 unspecified atom stereocenters. The molecule has 3 heterocycles. The Morgan fingerprint density at radius 3 is 1.54 bits per heavy atom. The Balaban J connectivity index is 1.27. The molecule has 262 valence electrons. The van der Waals surface area contributed by atoms with Crippen molar-refractivity contribution in [3.63, 3.8) is 0 Å². The average molecular weight is 696 g/mol. The third kappa shape index (κ3) is 4.00. The topological polar surface area (TPSA) is 3.24 Å². The van der Waals surface area contributed by atoms with Crippen LogP contribution in [0.3, 0.4) is 0 Å². The average Bonchev–Trinajstić information content (AvgIpc) is 3.19. The largest absolute Gasteiger partial charge is 0.309 e. The summed E-state index contributed by atoms with van der Waals surface area (Å²) in [5.74, 6) is 0.326. The minimum absolute atomic E-state index is 0.0941. The second-order valence-corrected chi connectivity index (χ2v) is 17.7. The van der Waals surface area contributed by atoms with Gasteiger partial charge in [-0.3, -0.25) is 0 Å². The smallest absolute Gasteiger partial charge is 0.0544 e. The fourth-order valence-corrected chi connectivity index (χ4v) is 11.0. The Bertz CT molecular complexity index is 2750. The summed E-state index contributed by atoms with van der Waals surface area (Å²) in [7, 11) is 0. The van der Waals surface area contributed by atoms with Crippen LogP contribution in [-0.4, -0.2) is 0 Å². The summed E-state index contributed by atoms with van der Waals surface area (Å²) in [5.41, 5.74) is 19.1. The van der Waals surface area contributed by atoms with Crippen LogP contribution < -0.4 is 4.90 Å². The normalized spacial score (nSPS) is 19.5. The number of allylic oxidation sites excluding steroid dienone is 3. The fourth-order valence-electron chi connectivity index (χ4n) is 11.0. The van der Waals surface area contributed by atoms with Crippen molar-refractivity contribution in [2.24, 2.45) is 0 Å². The highest BCUT2D eigenvalue weighted by Gasteiger charge is 2.54. The molecule has 0 aromatic heterocycles. The number of para-hydroxylation sites is 1. The summed E-state index contributed by atoms with van der Waals surface area (Å²) in [6.45, 7) is 14.9. The maximum Gasteiger partial charge on any atom is 0.0544 e. The van der Waals surface area contributed by atoms with Crippen LogP contribution in [0.1, 0.15) is 81.7 Å². The van der Waals surface area contributed by atoms with Crippen molar-refractivity contribution in [1.82, 2.24) is 0 Å². The zero-order chi connectivity index (χ0) is 36.7. The van der Waals surface area contributed by atoms with E-state index < -0.39 is 0 Å². The summed E-state index contributed by atoms with van der Waals surface area (Å²) in [4.78, 5) is 2.73. The lowest BCUT2D eigenvalue weighted by atomic mass is 9.57. The maximum atomic E-state index is 2.73. The molecule has 1 atom stereocenters. The summed E-state index contributed by atoms with van der Waals surface area (Å²) < 4.78 is 0. The zero-order valence-corrected chi connectivity index (χ0v) is 32.1. The molecule has 4 aliphatic rings. The van der Waals surface area contributed by atoms with Gasteiger partial charge in [-0.05, 0) is 101 Å². The van der Waals surface area contributed by atoms with Crippen LogP contribution in [0.4, 0.5) is 11.4 Å². The Labute approximate surface area is 319 Å². The molecule has 7 aromatic rings. The van der Waals surface area contributed by atoms with Crippen molar-refractivity contribution < 1.29 is 0 Å². The zero-order valence-electron chi connectivity index (χ0n) is 32.1. The van der Waals surface area contributed by atoms with Gasteiger partial charge in [0.15, 0.2) is 0 Å². The van der Waals surface area contributed by atoms with Crippen molar-refractivity contribution in [2.75, 3.05) is 4.90 Å². The van der Waals surface area contributed by atoms with Gasteiger partial charge in [-0.15, -0.1) is 0 Å². The third-order valence-corrected chi connectivity index (χ3v) is 13.8. The van der Waals surface area contributed by atoms with E-state index >= 15 is 0 Å². The van der Waals surface area contributed by atoms with E-state index in [1.54, 1.807) is 5.57 Å². The Kier molecular flexibility index (Phi) is 6.32. The molecule has 0 bridgehead atoms. The van der Waals surface area contributed by atoms with Crippen LogP contribution in [0.25, 0.3) is 43.8 Å². The fraction of sp³-hybridized carbons (Fsp3) is 0.208. The molecule has 0 saturated heterocycles. The molecule has 1 heteroatoms. The van der Waals surface area contributed by atoms with Crippen LogP contribution in [0.15, 0.2) is 162 Å². The lowest BCUT2D eigenvalue weighted by Crippen LogP contribution is -2.48. The van der Waals surface area contributed by atoms with Crippen molar-refractivity contribution in [3.05, 3.63) is 190 Å². The van der Waals surface area contributed by atoms with Gasteiger partial charge in [0.2, 0.25) is 0 Å². The van der Waals surface area contributed by atoms with Crippen molar-refractivity contribution in [2.45, 2.75) is 70.1 Å². The highest BCUT2D eigenvalue weighted by atomic mass is 15.2. The van der Waals surface area contributed by atoms with E-state index in [0.29, 0.717) is 5.92 Å². The summed E-state index contributed by atoms with van der Waals surface area (Å²) in [5, 5.41) is 5.20. The molecule has 1 nitrogen and oxygen atoms in total. The van der Waals surface area contributed by atoms with Crippen molar-refractivity contribution in [3.8, 4) is 22.3 Å². The molecule has 0 amide bonds. The quantitative estimate of drug-likeness (QED) is 0.166. The van der Waals surface area contributed by atoms with E-state index in [2.05, 4.69) is 192 Å². The van der Waals surface area contributed by atoms with Gasteiger partial charge in [0.1, 0.15) is 0 Å². The predicted octanol–water partition coefficient (Wildman–Crippen LogP) is 14.1. The van der Waals surface area contributed by atoms with Crippen molar-refractivity contribution >= 4 is 32.9 Å². The van der Waals surface area contributed by atoms with Crippen LogP contribution in [-0.2, 0) is 16.2 Å².